The molecule has 0 aliphatic heterocycles. The second-order valence-corrected chi connectivity index (χ2v) is 5.02. The molecule has 20 heavy (non-hydrogen) atoms. The number of aromatic nitrogens is 1. The molecule has 3 nitrogen and oxygen atoms in total. The van der Waals surface area contributed by atoms with Crippen molar-refractivity contribution in [2.45, 2.75) is 0 Å². The van der Waals surface area contributed by atoms with Crippen LogP contribution < -0.4 is 10.2 Å². The first-order valence-electron chi connectivity index (χ1n) is 5.88. The molecular formula is C15H9Cl2NO2. The first kappa shape index (κ1) is 13.0. The van der Waals surface area contributed by atoms with E-state index in [-0.39, 0.29) is 10.5 Å². The lowest BCUT2D eigenvalue weighted by Crippen LogP contribution is -2.03. The molecule has 0 amide bonds. The number of aromatic amines is 1. The van der Waals surface area contributed by atoms with Crippen LogP contribution in [-0.2, 0) is 0 Å². The van der Waals surface area contributed by atoms with Gasteiger partial charge in [-0.15, -0.1) is 0 Å². The van der Waals surface area contributed by atoms with Gasteiger partial charge in [-0.1, -0.05) is 35.3 Å². The maximum atomic E-state index is 12.0. The number of ether oxygens (including phenoxy) is 1. The minimum atomic E-state index is -0.231. The molecule has 0 radical (unpaired) electrons. The van der Waals surface area contributed by atoms with Gasteiger partial charge in [-0.3, -0.25) is 4.79 Å². The molecule has 1 aromatic heterocycles. The summed E-state index contributed by atoms with van der Waals surface area (Å²) in [5.41, 5.74) is 0.468. The zero-order chi connectivity index (χ0) is 14.1. The SMILES string of the molecule is O=c1c(Cl)c[nH]c2ccc(Oc3ccccc3Cl)cc12. The van der Waals surface area contributed by atoms with E-state index in [9.17, 15) is 4.79 Å². The van der Waals surface area contributed by atoms with E-state index in [0.29, 0.717) is 27.4 Å². The quantitative estimate of drug-likeness (QED) is 0.750. The van der Waals surface area contributed by atoms with Crippen molar-refractivity contribution >= 4 is 34.1 Å². The van der Waals surface area contributed by atoms with Crippen LogP contribution >= 0.6 is 23.2 Å². The molecule has 0 saturated carbocycles. The van der Waals surface area contributed by atoms with E-state index >= 15 is 0 Å². The van der Waals surface area contributed by atoms with Crippen molar-refractivity contribution in [2.75, 3.05) is 0 Å². The number of para-hydroxylation sites is 1. The summed E-state index contributed by atoms with van der Waals surface area (Å²) in [5.74, 6) is 1.06. The van der Waals surface area contributed by atoms with E-state index in [1.165, 1.54) is 6.20 Å². The Labute approximate surface area is 124 Å². The number of pyridine rings is 1. The molecule has 2 aromatic carbocycles. The van der Waals surface area contributed by atoms with Crippen molar-refractivity contribution in [3.8, 4) is 11.5 Å². The maximum Gasteiger partial charge on any atom is 0.208 e. The van der Waals surface area contributed by atoms with Crippen molar-refractivity contribution in [2.24, 2.45) is 0 Å². The van der Waals surface area contributed by atoms with Gasteiger partial charge in [-0.25, -0.2) is 0 Å². The number of fused-ring (bicyclic) bond motifs is 1. The average Bonchev–Trinajstić information content (AvgIpc) is 2.46. The lowest BCUT2D eigenvalue weighted by molar-refractivity contribution is 0.483. The highest BCUT2D eigenvalue weighted by molar-refractivity contribution is 6.32. The van der Waals surface area contributed by atoms with Crippen LogP contribution in [0.5, 0.6) is 11.5 Å². The van der Waals surface area contributed by atoms with Crippen molar-refractivity contribution in [1.29, 1.82) is 0 Å². The molecule has 0 bridgehead atoms. The van der Waals surface area contributed by atoms with Crippen LogP contribution in [0.25, 0.3) is 10.9 Å². The van der Waals surface area contributed by atoms with Crippen LogP contribution in [0.15, 0.2) is 53.5 Å². The maximum absolute atomic E-state index is 12.0. The predicted octanol–water partition coefficient (Wildman–Crippen LogP) is 4.63. The summed E-state index contributed by atoms with van der Waals surface area (Å²) in [7, 11) is 0. The fourth-order valence-electron chi connectivity index (χ4n) is 1.89. The minimum Gasteiger partial charge on any atom is -0.456 e. The van der Waals surface area contributed by atoms with Gasteiger partial charge in [0.25, 0.3) is 0 Å². The second kappa shape index (κ2) is 5.19. The average molecular weight is 306 g/mol. The fraction of sp³-hybridized carbons (Fsp3) is 0. The predicted molar refractivity (Wildman–Crippen MR) is 81.1 cm³/mol. The highest BCUT2D eigenvalue weighted by atomic mass is 35.5. The molecule has 0 unspecified atom stereocenters. The van der Waals surface area contributed by atoms with Gasteiger partial charge >= 0.3 is 0 Å². The van der Waals surface area contributed by atoms with Gasteiger partial charge in [0.05, 0.1) is 10.4 Å². The second-order valence-electron chi connectivity index (χ2n) is 4.21. The molecule has 1 heterocycles. The molecule has 0 atom stereocenters. The van der Waals surface area contributed by atoms with E-state index in [4.69, 9.17) is 27.9 Å². The Morgan fingerprint density at radius 1 is 1.00 bits per heavy atom. The van der Waals surface area contributed by atoms with Crippen LogP contribution in [0.3, 0.4) is 0 Å². The summed E-state index contributed by atoms with van der Waals surface area (Å²) >= 11 is 11.9. The van der Waals surface area contributed by atoms with Crippen molar-refractivity contribution < 1.29 is 4.74 Å². The summed E-state index contributed by atoms with van der Waals surface area (Å²) in [6.45, 7) is 0. The summed E-state index contributed by atoms with van der Waals surface area (Å²) in [4.78, 5) is 14.9. The monoisotopic (exact) mass is 305 g/mol. The van der Waals surface area contributed by atoms with Crippen molar-refractivity contribution in [1.82, 2.24) is 4.98 Å². The number of hydrogen-bond donors (Lipinski definition) is 1. The lowest BCUT2D eigenvalue weighted by atomic mass is 10.2. The van der Waals surface area contributed by atoms with Crippen molar-refractivity contribution in [3.63, 3.8) is 0 Å². The highest BCUT2D eigenvalue weighted by Crippen LogP contribution is 2.29. The number of benzene rings is 2. The molecular weight excluding hydrogens is 297 g/mol. The van der Waals surface area contributed by atoms with Gasteiger partial charge in [0.1, 0.15) is 16.5 Å². The standard InChI is InChI=1S/C15H9Cl2NO2/c16-11-3-1-2-4-14(11)20-9-5-6-13-10(7-9)15(19)12(17)8-18-13/h1-8H,(H,18,19). The van der Waals surface area contributed by atoms with E-state index in [2.05, 4.69) is 4.98 Å². The van der Waals surface area contributed by atoms with Gasteiger partial charge in [0, 0.05) is 11.7 Å². The zero-order valence-corrected chi connectivity index (χ0v) is 11.7. The molecule has 0 fully saturated rings. The molecule has 0 saturated heterocycles. The number of H-pyrrole nitrogens is 1. The molecule has 5 heteroatoms. The first-order valence-corrected chi connectivity index (χ1v) is 6.64. The summed E-state index contributed by atoms with van der Waals surface area (Å²) in [6.07, 6.45) is 1.47. The molecule has 0 aliphatic carbocycles. The Bertz CT molecular complexity index is 843. The Kier molecular flexibility index (Phi) is 3.38. The Hall–Kier alpha value is -1.97. The number of halogens is 2. The molecule has 0 spiro atoms. The smallest absolute Gasteiger partial charge is 0.208 e. The Morgan fingerprint density at radius 2 is 1.80 bits per heavy atom. The Balaban J connectivity index is 2.07. The zero-order valence-electron chi connectivity index (χ0n) is 10.2. The number of rotatable bonds is 2. The van der Waals surface area contributed by atoms with Crippen molar-refractivity contribution in [3.05, 3.63) is 68.9 Å². The lowest BCUT2D eigenvalue weighted by Gasteiger charge is -2.08. The third-order valence-electron chi connectivity index (χ3n) is 2.87. The molecule has 3 aromatic rings. The molecule has 100 valence electrons. The van der Waals surface area contributed by atoms with Crippen LogP contribution in [-0.4, -0.2) is 4.98 Å². The molecule has 1 N–H and O–H groups in total. The van der Waals surface area contributed by atoms with Gasteiger partial charge in [0.2, 0.25) is 5.43 Å². The van der Waals surface area contributed by atoms with E-state index < -0.39 is 0 Å². The third kappa shape index (κ3) is 2.38. The van der Waals surface area contributed by atoms with Gasteiger partial charge < -0.3 is 9.72 Å². The summed E-state index contributed by atoms with van der Waals surface area (Å²) in [5, 5.41) is 1.13. The Morgan fingerprint density at radius 3 is 2.60 bits per heavy atom. The fourth-order valence-corrected chi connectivity index (χ4v) is 2.22. The largest absolute Gasteiger partial charge is 0.456 e. The summed E-state index contributed by atoms with van der Waals surface area (Å²) < 4.78 is 5.68. The van der Waals surface area contributed by atoms with Crippen LogP contribution in [0.4, 0.5) is 0 Å². The van der Waals surface area contributed by atoms with E-state index in [0.717, 1.165) is 0 Å². The van der Waals surface area contributed by atoms with Crippen LogP contribution in [0.2, 0.25) is 10.0 Å². The number of hydrogen-bond acceptors (Lipinski definition) is 2. The first-order chi connectivity index (χ1) is 9.65. The van der Waals surface area contributed by atoms with E-state index in [1.54, 1.807) is 30.3 Å². The summed E-state index contributed by atoms with van der Waals surface area (Å²) in [6, 6.07) is 12.3. The number of nitrogens with one attached hydrogen (secondary N) is 1. The molecule has 0 aliphatic rings. The van der Waals surface area contributed by atoms with Crippen LogP contribution in [0, 0.1) is 0 Å². The topological polar surface area (TPSA) is 42.1 Å². The van der Waals surface area contributed by atoms with Gasteiger partial charge in [-0.05, 0) is 30.3 Å². The normalized spacial score (nSPS) is 10.7. The van der Waals surface area contributed by atoms with Crippen LogP contribution in [0.1, 0.15) is 0 Å². The van der Waals surface area contributed by atoms with Gasteiger partial charge in [0.15, 0.2) is 0 Å². The third-order valence-corrected chi connectivity index (χ3v) is 3.46. The minimum absolute atomic E-state index is 0.146. The highest BCUT2D eigenvalue weighted by Gasteiger charge is 2.07. The van der Waals surface area contributed by atoms with Gasteiger partial charge in [-0.2, -0.15) is 0 Å². The molecule has 3 rings (SSSR count). The van der Waals surface area contributed by atoms with E-state index in [1.807, 2.05) is 12.1 Å².